The maximum atomic E-state index is 5.94. The summed E-state index contributed by atoms with van der Waals surface area (Å²) in [4.78, 5) is 12.9. The van der Waals surface area contributed by atoms with Crippen molar-refractivity contribution in [1.29, 1.82) is 0 Å². The molecule has 0 spiro atoms. The van der Waals surface area contributed by atoms with Gasteiger partial charge in [0.05, 0.1) is 10.2 Å². The average Bonchev–Trinajstić information content (AvgIpc) is 2.36. The third-order valence-electron chi connectivity index (χ3n) is 2.70. The summed E-state index contributed by atoms with van der Waals surface area (Å²) in [6, 6.07) is 3.92. The molecule has 100 valence electrons. The highest BCUT2D eigenvalue weighted by Gasteiger charge is 2.11. The van der Waals surface area contributed by atoms with Gasteiger partial charge in [-0.1, -0.05) is 13.8 Å². The number of hydrogen-bond donors (Lipinski definition) is 1. The maximum absolute atomic E-state index is 5.94. The third kappa shape index (κ3) is 3.73. The van der Waals surface area contributed by atoms with Crippen molar-refractivity contribution < 1.29 is 0 Å². The van der Waals surface area contributed by atoms with Crippen LogP contribution in [0, 0.1) is 5.92 Å². The van der Waals surface area contributed by atoms with E-state index in [1.807, 2.05) is 12.1 Å². The molecule has 0 amide bonds. The molecular weight excluding hydrogens is 304 g/mol. The van der Waals surface area contributed by atoms with Gasteiger partial charge in [0.1, 0.15) is 11.6 Å². The van der Waals surface area contributed by atoms with Gasteiger partial charge in [-0.25, -0.2) is 9.97 Å². The van der Waals surface area contributed by atoms with Gasteiger partial charge in [0, 0.05) is 18.8 Å². The van der Waals surface area contributed by atoms with Crippen molar-refractivity contribution in [2.75, 3.05) is 5.73 Å². The number of rotatable bonds is 4. The molecule has 2 heterocycles. The molecule has 2 rings (SSSR count). The van der Waals surface area contributed by atoms with E-state index in [2.05, 4.69) is 44.7 Å². The van der Waals surface area contributed by atoms with Crippen LogP contribution >= 0.6 is 15.9 Å². The molecule has 2 aromatic rings. The minimum Gasteiger partial charge on any atom is -0.383 e. The Kier molecular flexibility index (Phi) is 4.47. The second-order valence-electron chi connectivity index (χ2n) is 4.92. The molecule has 0 atom stereocenters. The van der Waals surface area contributed by atoms with Crippen molar-refractivity contribution in [3.8, 4) is 0 Å². The number of pyridine rings is 1. The van der Waals surface area contributed by atoms with E-state index in [4.69, 9.17) is 5.73 Å². The van der Waals surface area contributed by atoms with Crippen LogP contribution in [-0.2, 0) is 12.8 Å². The average molecular weight is 321 g/mol. The van der Waals surface area contributed by atoms with Crippen molar-refractivity contribution in [1.82, 2.24) is 15.0 Å². The van der Waals surface area contributed by atoms with Crippen LogP contribution in [0.3, 0.4) is 0 Å². The number of aromatic nitrogens is 3. The Hall–Kier alpha value is -1.49. The molecule has 0 radical (unpaired) electrons. The molecule has 0 saturated carbocycles. The van der Waals surface area contributed by atoms with Crippen molar-refractivity contribution >= 4 is 21.7 Å². The molecule has 0 bridgehead atoms. The number of anilines is 1. The van der Waals surface area contributed by atoms with E-state index in [0.29, 0.717) is 18.2 Å². The molecule has 0 saturated heterocycles. The van der Waals surface area contributed by atoms with Crippen LogP contribution in [-0.4, -0.2) is 15.0 Å². The van der Waals surface area contributed by atoms with Crippen molar-refractivity contribution in [2.45, 2.75) is 26.7 Å². The van der Waals surface area contributed by atoms with Gasteiger partial charge in [0.25, 0.3) is 0 Å². The predicted octanol–water partition coefficient (Wildman–Crippen LogP) is 3.01. The van der Waals surface area contributed by atoms with Gasteiger partial charge >= 0.3 is 0 Å². The van der Waals surface area contributed by atoms with E-state index < -0.39 is 0 Å². The Morgan fingerprint density at radius 1 is 1.21 bits per heavy atom. The highest BCUT2D eigenvalue weighted by Crippen LogP contribution is 2.24. The number of nitrogens with two attached hydrogens (primary N) is 1. The van der Waals surface area contributed by atoms with Crippen LogP contribution in [0.1, 0.15) is 30.9 Å². The minimum absolute atomic E-state index is 0.509. The second-order valence-corrected chi connectivity index (χ2v) is 5.71. The van der Waals surface area contributed by atoms with Gasteiger partial charge in [0.2, 0.25) is 0 Å². The van der Waals surface area contributed by atoms with Gasteiger partial charge in [-0.3, -0.25) is 4.98 Å². The Labute approximate surface area is 121 Å². The largest absolute Gasteiger partial charge is 0.383 e. The zero-order valence-electron chi connectivity index (χ0n) is 11.1. The molecule has 0 aliphatic carbocycles. The fourth-order valence-corrected chi connectivity index (χ4v) is 2.19. The van der Waals surface area contributed by atoms with Gasteiger partial charge in [-0.05, 0) is 46.0 Å². The molecule has 2 aromatic heterocycles. The number of hydrogen-bond acceptors (Lipinski definition) is 4. The molecule has 4 nitrogen and oxygen atoms in total. The van der Waals surface area contributed by atoms with E-state index in [0.717, 1.165) is 28.0 Å². The van der Waals surface area contributed by atoms with Gasteiger partial charge in [0.15, 0.2) is 0 Å². The van der Waals surface area contributed by atoms with E-state index >= 15 is 0 Å². The molecule has 0 aliphatic rings. The standard InChI is InChI=1S/C14H17BrN4/c1-9(2)7-11-13(15)14(16)19-12(18-11)8-10-3-5-17-6-4-10/h3-6,9H,7-8H2,1-2H3,(H2,16,18,19). The van der Waals surface area contributed by atoms with Crippen LogP contribution in [0.15, 0.2) is 29.0 Å². The van der Waals surface area contributed by atoms with Crippen LogP contribution < -0.4 is 5.73 Å². The smallest absolute Gasteiger partial charge is 0.141 e. The Bertz CT molecular complexity index is 555. The number of nitrogens with zero attached hydrogens (tertiary/aromatic N) is 3. The second kappa shape index (κ2) is 6.10. The van der Waals surface area contributed by atoms with E-state index in [1.165, 1.54) is 0 Å². The van der Waals surface area contributed by atoms with Crippen molar-refractivity contribution in [2.24, 2.45) is 5.92 Å². The lowest BCUT2D eigenvalue weighted by Gasteiger charge is -2.10. The SMILES string of the molecule is CC(C)Cc1nc(Cc2ccncc2)nc(N)c1Br. The van der Waals surface area contributed by atoms with Crippen LogP contribution in [0.5, 0.6) is 0 Å². The first-order valence-electron chi connectivity index (χ1n) is 6.26. The van der Waals surface area contributed by atoms with Crippen molar-refractivity contribution in [3.63, 3.8) is 0 Å². The van der Waals surface area contributed by atoms with E-state index in [1.54, 1.807) is 12.4 Å². The lowest BCUT2D eigenvalue weighted by atomic mass is 10.1. The van der Waals surface area contributed by atoms with Gasteiger partial charge in [-0.15, -0.1) is 0 Å². The lowest BCUT2D eigenvalue weighted by Crippen LogP contribution is -2.08. The highest BCUT2D eigenvalue weighted by molar-refractivity contribution is 9.10. The van der Waals surface area contributed by atoms with Crippen LogP contribution in [0.4, 0.5) is 5.82 Å². The lowest BCUT2D eigenvalue weighted by molar-refractivity contribution is 0.629. The molecular formula is C14H17BrN4. The number of nitrogen functional groups attached to an aromatic ring is 1. The first-order valence-corrected chi connectivity index (χ1v) is 7.05. The Balaban J connectivity index is 2.29. The molecule has 0 aliphatic heterocycles. The summed E-state index contributed by atoms with van der Waals surface area (Å²) >= 11 is 3.47. The highest BCUT2D eigenvalue weighted by atomic mass is 79.9. The van der Waals surface area contributed by atoms with Gasteiger partial charge in [-0.2, -0.15) is 0 Å². The van der Waals surface area contributed by atoms with Crippen molar-refractivity contribution in [3.05, 3.63) is 46.1 Å². The zero-order chi connectivity index (χ0) is 13.8. The third-order valence-corrected chi connectivity index (χ3v) is 3.57. The summed E-state index contributed by atoms with van der Waals surface area (Å²) in [7, 11) is 0. The minimum atomic E-state index is 0.509. The predicted molar refractivity (Wildman–Crippen MR) is 79.7 cm³/mol. The molecule has 0 aromatic carbocycles. The summed E-state index contributed by atoms with van der Waals surface area (Å²) in [6.07, 6.45) is 5.10. The molecule has 19 heavy (non-hydrogen) atoms. The van der Waals surface area contributed by atoms with E-state index in [-0.39, 0.29) is 0 Å². The van der Waals surface area contributed by atoms with E-state index in [9.17, 15) is 0 Å². The molecule has 0 fully saturated rings. The Morgan fingerprint density at radius 3 is 2.53 bits per heavy atom. The topological polar surface area (TPSA) is 64.7 Å². The summed E-state index contributed by atoms with van der Waals surface area (Å²) in [5, 5.41) is 0. The molecule has 5 heteroatoms. The van der Waals surface area contributed by atoms with Gasteiger partial charge < -0.3 is 5.73 Å². The fourth-order valence-electron chi connectivity index (χ4n) is 1.85. The Morgan fingerprint density at radius 2 is 1.89 bits per heavy atom. The first kappa shape index (κ1) is 13.9. The number of halogens is 1. The summed E-state index contributed by atoms with van der Waals surface area (Å²) in [6.45, 7) is 4.32. The zero-order valence-corrected chi connectivity index (χ0v) is 12.7. The van der Waals surface area contributed by atoms with Crippen LogP contribution in [0.2, 0.25) is 0 Å². The fraction of sp³-hybridized carbons (Fsp3) is 0.357. The first-order chi connectivity index (χ1) is 9.06. The quantitative estimate of drug-likeness (QED) is 0.940. The maximum Gasteiger partial charge on any atom is 0.141 e. The monoisotopic (exact) mass is 320 g/mol. The summed E-state index contributed by atoms with van der Waals surface area (Å²) in [5.74, 6) is 1.79. The molecule has 2 N–H and O–H groups in total. The summed E-state index contributed by atoms with van der Waals surface area (Å²) in [5.41, 5.74) is 8.05. The van der Waals surface area contributed by atoms with Crippen LogP contribution in [0.25, 0.3) is 0 Å². The normalized spacial score (nSPS) is 10.9. The summed E-state index contributed by atoms with van der Waals surface area (Å²) < 4.78 is 0.819. The molecule has 0 unspecified atom stereocenters.